The maximum atomic E-state index is 12.8. The highest BCUT2D eigenvalue weighted by Crippen LogP contribution is 2.33. The number of para-hydroxylation sites is 1. The van der Waals surface area contributed by atoms with Crippen LogP contribution in [0.15, 0.2) is 53.4 Å². The summed E-state index contributed by atoms with van der Waals surface area (Å²) in [5.41, 5.74) is 1.31. The lowest BCUT2D eigenvalue weighted by Gasteiger charge is -2.13. The Morgan fingerprint density at radius 3 is 2.40 bits per heavy atom. The molecule has 3 aromatic rings. The molecule has 0 radical (unpaired) electrons. The predicted octanol–water partition coefficient (Wildman–Crippen LogP) is 3.33. The largest absolute Gasteiger partial charge is 0.497 e. The lowest BCUT2D eigenvalue weighted by molar-refractivity contribution is 0.388. The zero-order chi connectivity index (χ0) is 18.0. The van der Waals surface area contributed by atoms with Crippen molar-refractivity contribution >= 4 is 21.0 Å². The van der Waals surface area contributed by atoms with Crippen LogP contribution in [0.3, 0.4) is 0 Å². The van der Waals surface area contributed by atoms with E-state index in [-0.39, 0.29) is 16.4 Å². The quantitative estimate of drug-likeness (QED) is 0.651. The third-order valence-corrected chi connectivity index (χ3v) is 4.90. The van der Waals surface area contributed by atoms with Gasteiger partial charge in [-0.25, -0.2) is 0 Å². The number of nitrogens with zero attached hydrogens (tertiary/aromatic N) is 1. The number of hydrogen-bond acceptors (Lipinski definition) is 6. The number of rotatable bonds is 5. The molecule has 0 unspecified atom stereocenters. The molecular formula is C18H17NO5S. The number of fused-ring (bicyclic) bond motifs is 1. The molecule has 0 saturated carbocycles. The van der Waals surface area contributed by atoms with Crippen molar-refractivity contribution in [3.05, 3.63) is 54.2 Å². The fourth-order valence-electron chi connectivity index (χ4n) is 2.48. The summed E-state index contributed by atoms with van der Waals surface area (Å²) in [5, 5.41) is 0.610. The Bertz CT molecular complexity index is 1030. The van der Waals surface area contributed by atoms with Crippen molar-refractivity contribution in [2.45, 2.75) is 11.8 Å². The fourth-order valence-corrected chi connectivity index (χ4v) is 3.60. The summed E-state index contributed by atoms with van der Waals surface area (Å²) in [7, 11) is -1.28. The summed E-state index contributed by atoms with van der Waals surface area (Å²) in [5.74, 6) is 0.780. The Hall–Kier alpha value is -2.80. The van der Waals surface area contributed by atoms with E-state index in [4.69, 9.17) is 13.7 Å². The summed E-state index contributed by atoms with van der Waals surface area (Å²) >= 11 is 0. The predicted molar refractivity (Wildman–Crippen MR) is 93.8 cm³/mol. The molecule has 6 nitrogen and oxygen atoms in total. The van der Waals surface area contributed by atoms with Crippen molar-refractivity contribution in [3.63, 3.8) is 0 Å². The Kier molecular flexibility index (Phi) is 4.50. The van der Waals surface area contributed by atoms with Crippen molar-refractivity contribution in [2.75, 3.05) is 14.2 Å². The average Bonchev–Trinajstić information content (AvgIpc) is 2.60. The van der Waals surface area contributed by atoms with Crippen molar-refractivity contribution in [1.82, 2.24) is 4.98 Å². The number of aryl methyl sites for hydroxylation is 1. The van der Waals surface area contributed by atoms with Gasteiger partial charge in [-0.15, -0.1) is 0 Å². The van der Waals surface area contributed by atoms with Gasteiger partial charge in [-0.05, 0) is 31.2 Å². The SMILES string of the molecule is COc1ccc(OC)c(S(=O)(=O)Oc2cc(C)nc3ccccc23)c1. The summed E-state index contributed by atoms with van der Waals surface area (Å²) in [6.45, 7) is 1.78. The number of pyridine rings is 1. The second-order valence-corrected chi connectivity index (χ2v) is 6.85. The van der Waals surface area contributed by atoms with Crippen molar-refractivity contribution in [3.8, 4) is 17.2 Å². The Labute approximate surface area is 146 Å². The first kappa shape index (κ1) is 17.0. The number of aromatic nitrogens is 1. The summed E-state index contributed by atoms with van der Waals surface area (Å²) in [6.07, 6.45) is 0. The lowest BCUT2D eigenvalue weighted by Crippen LogP contribution is -2.12. The van der Waals surface area contributed by atoms with Crippen LogP contribution in [0.25, 0.3) is 10.9 Å². The molecule has 2 aromatic carbocycles. The molecular weight excluding hydrogens is 342 g/mol. The first-order valence-electron chi connectivity index (χ1n) is 7.47. The minimum atomic E-state index is -4.13. The van der Waals surface area contributed by atoms with E-state index in [1.54, 1.807) is 37.3 Å². The van der Waals surface area contributed by atoms with Crippen LogP contribution in [0, 0.1) is 6.92 Å². The highest BCUT2D eigenvalue weighted by Gasteiger charge is 2.24. The fraction of sp³-hybridized carbons (Fsp3) is 0.167. The molecule has 0 fully saturated rings. The maximum Gasteiger partial charge on any atom is 0.343 e. The van der Waals surface area contributed by atoms with E-state index in [0.29, 0.717) is 22.3 Å². The average molecular weight is 359 g/mol. The van der Waals surface area contributed by atoms with Gasteiger partial charge in [0.2, 0.25) is 0 Å². The van der Waals surface area contributed by atoms with E-state index in [1.807, 2.05) is 6.07 Å². The Morgan fingerprint density at radius 2 is 1.68 bits per heavy atom. The maximum absolute atomic E-state index is 12.8. The summed E-state index contributed by atoms with van der Waals surface area (Å²) in [6, 6.07) is 13.3. The molecule has 130 valence electrons. The Morgan fingerprint density at radius 1 is 0.920 bits per heavy atom. The molecule has 0 aliphatic heterocycles. The first-order valence-corrected chi connectivity index (χ1v) is 8.88. The van der Waals surface area contributed by atoms with E-state index in [0.717, 1.165) is 0 Å². The molecule has 25 heavy (non-hydrogen) atoms. The van der Waals surface area contributed by atoms with Gasteiger partial charge in [0.1, 0.15) is 11.5 Å². The van der Waals surface area contributed by atoms with Gasteiger partial charge in [0.05, 0.1) is 19.7 Å². The highest BCUT2D eigenvalue weighted by molar-refractivity contribution is 7.87. The van der Waals surface area contributed by atoms with E-state index in [9.17, 15) is 8.42 Å². The molecule has 0 aliphatic rings. The van der Waals surface area contributed by atoms with E-state index in [2.05, 4.69) is 4.98 Å². The molecule has 1 heterocycles. The number of ether oxygens (including phenoxy) is 2. The third-order valence-electron chi connectivity index (χ3n) is 3.65. The summed E-state index contributed by atoms with van der Waals surface area (Å²) < 4.78 is 41.3. The van der Waals surface area contributed by atoms with Crippen LogP contribution in [-0.4, -0.2) is 27.6 Å². The molecule has 0 amide bonds. The van der Waals surface area contributed by atoms with Crippen LogP contribution in [-0.2, 0) is 10.1 Å². The zero-order valence-electron chi connectivity index (χ0n) is 14.0. The second kappa shape index (κ2) is 6.60. The number of hydrogen-bond donors (Lipinski definition) is 0. The third kappa shape index (κ3) is 3.36. The minimum Gasteiger partial charge on any atom is -0.497 e. The highest BCUT2D eigenvalue weighted by atomic mass is 32.2. The summed E-state index contributed by atoms with van der Waals surface area (Å²) in [4.78, 5) is 4.28. The van der Waals surface area contributed by atoms with Crippen LogP contribution in [0.2, 0.25) is 0 Å². The van der Waals surface area contributed by atoms with Crippen molar-refractivity contribution in [1.29, 1.82) is 0 Å². The molecule has 0 spiro atoms. The number of methoxy groups -OCH3 is 2. The first-order chi connectivity index (χ1) is 11.9. The van der Waals surface area contributed by atoms with Gasteiger partial charge in [-0.2, -0.15) is 8.42 Å². The van der Waals surface area contributed by atoms with E-state index >= 15 is 0 Å². The lowest BCUT2D eigenvalue weighted by atomic mass is 10.2. The van der Waals surface area contributed by atoms with Crippen LogP contribution >= 0.6 is 0 Å². The molecule has 0 saturated heterocycles. The molecule has 7 heteroatoms. The van der Waals surface area contributed by atoms with Gasteiger partial charge in [0.15, 0.2) is 10.6 Å². The van der Waals surface area contributed by atoms with Crippen molar-refractivity contribution in [2.24, 2.45) is 0 Å². The van der Waals surface area contributed by atoms with Gasteiger partial charge < -0.3 is 13.7 Å². The number of benzene rings is 2. The van der Waals surface area contributed by atoms with Gasteiger partial charge in [-0.3, -0.25) is 4.98 Å². The van der Waals surface area contributed by atoms with Crippen LogP contribution < -0.4 is 13.7 Å². The minimum absolute atomic E-state index is 0.104. The van der Waals surface area contributed by atoms with Crippen LogP contribution in [0.4, 0.5) is 0 Å². The van der Waals surface area contributed by atoms with Gasteiger partial charge in [-0.1, -0.05) is 12.1 Å². The zero-order valence-corrected chi connectivity index (χ0v) is 14.8. The standard InChI is InChI=1S/C18H17NO5S/c1-12-10-17(14-6-4-5-7-15(14)19-12)24-25(20,21)18-11-13(22-2)8-9-16(18)23-3/h4-11H,1-3H3. The topological polar surface area (TPSA) is 74.7 Å². The molecule has 0 N–H and O–H groups in total. The van der Waals surface area contributed by atoms with Gasteiger partial charge in [0, 0.05) is 23.2 Å². The molecule has 0 bridgehead atoms. The molecule has 1 aromatic heterocycles. The Balaban J connectivity index is 2.12. The second-order valence-electron chi connectivity index (χ2n) is 5.33. The molecule has 0 aliphatic carbocycles. The normalized spacial score (nSPS) is 11.3. The molecule has 0 atom stereocenters. The smallest absolute Gasteiger partial charge is 0.343 e. The van der Waals surface area contributed by atoms with Crippen molar-refractivity contribution < 1.29 is 22.1 Å². The molecule has 3 rings (SSSR count). The van der Waals surface area contributed by atoms with Gasteiger partial charge in [0.25, 0.3) is 0 Å². The van der Waals surface area contributed by atoms with E-state index in [1.165, 1.54) is 26.4 Å². The monoisotopic (exact) mass is 359 g/mol. The van der Waals surface area contributed by atoms with Crippen LogP contribution in [0.1, 0.15) is 5.69 Å². The van der Waals surface area contributed by atoms with E-state index < -0.39 is 10.1 Å². The van der Waals surface area contributed by atoms with Crippen LogP contribution in [0.5, 0.6) is 17.2 Å². The van der Waals surface area contributed by atoms with Gasteiger partial charge >= 0.3 is 10.1 Å².